The number of phenolic OH excluding ortho intramolecular Hbond substituents is 2. The lowest BCUT2D eigenvalue weighted by atomic mass is 9.90. The molecule has 0 unspecified atom stereocenters. The van der Waals surface area contributed by atoms with Crippen molar-refractivity contribution in [1.29, 1.82) is 0 Å². The first-order chi connectivity index (χ1) is 16.2. The molecule has 0 radical (unpaired) electrons. The molecular weight excluding hydrogens is 430 g/mol. The van der Waals surface area contributed by atoms with Crippen molar-refractivity contribution in [2.24, 2.45) is 0 Å². The lowest BCUT2D eigenvalue weighted by Crippen LogP contribution is -2.35. The fraction of sp³-hybridized carbons (Fsp3) is 0.407. The van der Waals surface area contributed by atoms with Crippen molar-refractivity contribution in [1.82, 2.24) is 15.4 Å². The highest BCUT2D eigenvalue weighted by Crippen LogP contribution is 2.43. The zero-order valence-corrected chi connectivity index (χ0v) is 20.5. The molecule has 3 aromatic rings. The van der Waals surface area contributed by atoms with Crippen LogP contribution in [-0.4, -0.2) is 45.3 Å². The molecule has 0 atom stereocenters. The predicted octanol–water partition coefficient (Wildman–Crippen LogP) is 5.06. The molecule has 1 aromatic heterocycles. The van der Waals surface area contributed by atoms with Crippen LogP contribution in [0.2, 0.25) is 0 Å². The Morgan fingerprint density at radius 1 is 1.12 bits per heavy atom. The molecule has 2 heterocycles. The molecule has 0 spiro atoms. The zero-order chi connectivity index (χ0) is 24.6. The quantitative estimate of drug-likeness (QED) is 0.473. The van der Waals surface area contributed by atoms with E-state index < -0.39 is 0 Å². The summed E-state index contributed by atoms with van der Waals surface area (Å²) >= 11 is 0. The monoisotopic (exact) mass is 463 g/mol. The number of hydrogen-bond acceptors (Lipinski definition) is 6. The Hall–Kier alpha value is -3.32. The highest BCUT2D eigenvalue weighted by Gasteiger charge is 2.28. The Morgan fingerprint density at radius 2 is 1.88 bits per heavy atom. The van der Waals surface area contributed by atoms with E-state index in [0.29, 0.717) is 35.0 Å². The number of amides is 1. The number of phenols is 2. The van der Waals surface area contributed by atoms with Crippen LogP contribution in [0.15, 0.2) is 34.9 Å². The largest absolute Gasteiger partial charge is 0.508 e. The number of carbonyl (C=O) groups is 1. The van der Waals surface area contributed by atoms with Crippen LogP contribution in [0.3, 0.4) is 0 Å². The smallest absolute Gasteiger partial charge is 0.290 e. The van der Waals surface area contributed by atoms with Crippen LogP contribution in [0.5, 0.6) is 11.5 Å². The standard InChI is InChI=1S/C27H33N3O4/c1-6-28-27(33)26-24(18-7-8-19-14-30(16(4)5)10-9-17(19)11-18)25(29-34-26)21-12-20(15(2)3)22(31)13-23(21)32/h7-8,11-13,15-16,31-32H,6,9-10,14H2,1-5H3,(H,28,33). The van der Waals surface area contributed by atoms with Gasteiger partial charge in [-0.2, -0.15) is 0 Å². The van der Waals surface area contributed by atoms with Gasteiger partial charge in [-0.25, -0.2) is 0 Å². The minimum Gasteiger partial charge on any atom is -0.508 e. The normalized spacial score (nSPS) is 14.0. The molecule has 1 amide bonds. The van der Waals surface area contributed by atoms with Crippen LogP contribution in [-0.2, 0) is 13.0 Å². The van der Waals surface area contributed by atoms with Gasteiger partial charge in [0.05, 0.1) is 5.56 Å². The summed E-state index contributed by atoms with van der Waals surface area (Å²) < 4.78 is 5.55. The van der Waals surface area contributed by atoms with Gasteiger partial charge in [0.15, 0.2) is 0 Å². The van der Waals surface area contributed by atoms with Crippen LogP contribution in [0.4, 0.5) is 0 Å². The highest BCUT2D eigenvalue weighted by molar-refractivity contribution is 6.02. The molecule has 0 saturated carbocycles. The molecule has 1 aliphatic rings. The van der Waals surface area contributed by atoms with E-state index in [-0.39, 0.29) is 29.1 Å². The fourth-order valence-corrected chi connectivity index (χ4v) is 4.55. The average Bonchev–Trinajstić information content (AvgIpc) is 3.23. The highest BCUT2D eigenvalue weighted by atomic mass is 16.5. The molecule has 7 heteroatoms. The number of aromatic hydroxyl groups is 2. The second-order valence-corrected chi connectivity index (χ2v) is 9.48. The van der Waals surface area contributed by atoms with Crippen molar-refractivity contribution < 1.29 is 19.5 Å². The van der Waals surface area contributed by atoms with Crippen molar-refractivity contribution in [3.05, 3.63) is 52.8 Å². The lowest BCUT2D eigenvalue weighted by molar-refractivity contribution is 0.0920. The number of carbonyl (C=O) groups excluding carboxylic acids is 1. The summed E-state index contributed by atoms with van der Waals surface area (Å²) in [5.41, 5.74) is 5.33. The first-order valence-corrected chi connectivity index (χ1v) is 11.9. The Bertz CT molecular complexity index is 1210. The number of fused-ring (bicyclic) bond motifs is 1. The van der Waals surface area contributed by atoms with E-state index in [4.69, 9.17) is 4.52 Å². The number of rotatable bonds is 6. The average molecular weight is 464 g/mol. The summed E-state index contributed by atoms with van der Waals surface area (Å²) in [6.45, 7) is 12.5. The number of nitrogens with one attached hydrogen (secondary N) is 1. The van der Waals surface area contributed by atoms with Crippen molar-refractivity contribution in [2.45, 2.75) is 59.5 Å². The van der Waals surface area contributed by atoms with E-state index in [1.807, 2.05) is 26.8 Å². The van der Waals surface area contributed by atoms with Crippen molar-refractivity contribution in [3.63, 3.8) is 0 Å². The fourth-order valence-electron chi connectivity index (χ4n) is 4.55. The maximum Gasteiger partial charge on any atom is 0.290 e. The summed E-state index contributed by atoms with van der Waals surface area (Å²) in [4.78, 5) is 15.3. The van der Waals surface area contributed by atoms with Crippen molar-refractivity contribution >= 4 is 5.91 Å². The Balaban J connectivity index is 1.87. The topological polar surface area (TPSA) is 98.8 Å². The zero-order valence-electron chi connectivity index (χ0n) is 20.5. The van der Waals surface area contributed by atoms with Gasteiger partial charge < -0.3 is 20.1 Å². The molecule has 34 heavy (non-hydrogen) atoms. The summed E-state index contributed by atoms with van der Waals surface area (Å²) in [6.07, 6.45) is 0.917. The van der Waals surface area contributed by atoms with Gasteiger partial charge in [-0.05, 0) is 61.4 Å². The first kappa shape index (κ1) is 23.8. The van der Waals surface area contributed by atoms with E-state index in [9.17, 15) is 15.0 Å². The van der Waals surface area contributed by atoms with Crippen LogP contribution >= 0.6 is 0 Å². The van der Waals surface area contributed by atoms with Gasteiger partial charge in [-0.1, -0.05) is 37.2 Å². The van der Waals surface area contributed by atoms with E-state index in [1.165, 1.54) is 17.2 Å². The Morgan fingerprint density at radius 3 is 2.56 bits per heavy atom. The molecule has 0 fully saturated rings. The van der Waals surface area contributed by atoms with Crippen LogP contribution in [0.25, 0.3) is 22.4 Å². The maximum atomic E-state index is 12.9. The van der Waals surface area contributed by atoms with E-state index in [0.717, 1.165) is 25.1 Å². The third kappa shape index (κ3) is 4.40. The first-order valence-electron chi connectivity index (χ1n) is 11.9. The van der Waals surface area contributed by atoms with E-state index in [1.54, 1.807) is 6.07 Å². The molecule has 3 N–H and O–H groups in total. The molecular formula is C27H33N3O4. The third-order valence-electron chi connectivity index (χ3n) is 6.52. The summed E-state index contributed by atoms with van der Waals surface area (Å²) in [7, 11) is 0. The predicted molar refractivity (Wildman–Crippen MR) is 132 cm³/mol. The van der Waals surface area contributed by atoms with E-state index >= 15 is 0 Å². The number of hydrogen-bond donors (Lipinski definition) is 3. The summed E-state index contributed by atoms with van der Waals surface area (Å²) in [5, 5.41) is 28.0. The number of nitrogens with zero attached hydrogens (tertiary/aromatic N) is 2. The molecule has 4 rings (SSSR count). The van der Waals surface area contributed by atoms with Gasteiger partial charge in [0.25, 0.3) is 5.91 Å². The molecule has 7 nitrogen and oxygen atoms in total. The second-order valence-electron chi connectivity index (χ2n) is 9.48. The van der Waals surface area contributed by atoms with Crippen molar-refractivity contribution in [2.75, 3.05) is 13.1 Å². The Kier molecular flexibility index (Phi) is 6.66. The van der Waals surface area contributed by atoms with Crippen molar-refractivity contribution in [3.8, 4) is 33.9 Å². The van der Waals surface area contributed by atoms with E-state index in [2.05, 4.69) is 41.4 Å². The van der Waals surface area contributed by atoms with Gasteiger partial charge in [0.1, 0.15) is 17.2 Å². The maximum absolute atomic E-state index is 12.9. The minimum absolute atomic E-state index is 0.0220. The van der Waals surface area contributed by atoms with Gasteiger partial charge >= 0.3 is 0 Å². The molecule has 0 bridgehead atoms. The van der Waals surface area contributed by atoms with Gasteiger partial charge in [-0.15, -0.1) is 0 Å². The van der Waals surface area contributed by atoms with Gasteiger partial charge in [-0.3, -0.25) is 9.69 Å². The number of aromatic nitrogens is 1. The molecule has 180 valence electrons. The molecule has 1 aliphatic heterocycles. The number of benzene rings is 2. The SMILES string of the molecule is CCNC(=O)c1onc(-c2cc(C(C)C)c(O)cc2O)c1-c1ccc2c(c1)CCN(C(C)C)C2. The summed E-state index contributed by atoms with van der Waals surface area (Å²) in [6, 6.07) is 9.72. The van der Waals surface area contributed by atoms with Gasteiger partial charge in [0.2, 0.25) is 5.76 Å². The van der Waals surface area contributed by atoms with Crippen LogP contribution in [0, 0.1) is 0 Å². The molecule has 0 aliphatic carbocycles. The molecule has 2 aromatic carbocycles. The van der Waals surface area contributed by atoms with Crippen LogP contribution < -0.4 is 5.32 Å². The third-order valence-corrected chi connectivity index (χ3v) is 6.52. The Labute approximate surface area is 200 Å². The molecule has 0 saturated heterocycles. The summed E-state index contributed by atoms with van der Waals surface area (Å²) in [5.74, 6) is -0.319. The van der Waals surface area contributed by atoms with Crippen LogP contribution in [0.1, 0.15) is 67.8 Å². The van der Waals surface area contributed by atoms with Gasteiger partial charge in [0, 0.05) is 37.3 Å². The second kappa shape index (κ2) is 9.50. The lowest BCUT2D eigenvalue weighted by Gasteiger charge is -2.32. The minimum atomic E-state index is -0.359.